The van der Waals surface area contributed by atoms with Gasteiger partial charge in [0.1, 0.15) is 5.75 Å². The number of carbonyl (C=O) groups is 1. The van der Waals surface area contributed by atoms with Crippen molar-refractivity contribution in [3.05, 3.63) is 108 Å². The fraction of sp³-hybridized carbons (Fsp3) is 0.148. The maximum atomic E-state index is 12.5. The lowest BCUT2D eigenvalue weighted by Crippen LogP contribution is -2.28. The number of rotatable bonds is 10. The molecule has 0 heterocycles. The predicted molar refractivity (Wildman–Crippen MR) is 133 cm³/mol. The van der Waals surface area contributed by atoms with Crippen LogP contribution in [0.3, 0.4) is 0 Å². The molecule has 174 valence electrons. The molecule has 4 aromatic rings. The Labute approximate surface area is 199 Å². The number of nitrogens with one attached hydrogen (secondary N) is 2. The lowest BCUT2D eigenvalue weighted by Gasteiger charge is -2.10. The second-order valence-electron chi connectivity index (χ2n) is 7.81. The van der Waals surface area contributed by atoms with Gasteiger partial charge in [0, 0.05) is 13.1 Å². The predicted octanol–water partition coefficient (Wildman–Crippen LogP) is 4.06. The van der Waals surface area contributed by atoms with Crippen LogP contribution >= 0.6 is 0 Å². The van der Waals surface area contributed by atoms with Gasteiger partial charge in [-0.3, -0.25) is 4.79 Å². The van der Waals surface area contributed by atoms with Crippen molar-refractivity contribution in [1.29, 1.82) is 0 Å². The van der Waals surface area contributed by atoms with E-state index in [2.05, 4.69) is 10.0 Å². The van der Waals surface area contributed by atoms with E-state index in [4.69, 9.17) is 4.74 Å². The quantitative estimate of drug-likeness (QED) is 0.363. The van der Waals surface area contributed by atoms with Gasteiger partial charge in [0.25, 0.3) is 5.91 Å². The number of ether oxygens (including phenoxy) is 1. The molecule has 0 spiro atoms. The first-order valence-electron chi connectivity index (χ1n) is 11.0. The van der Waals surface area contributed by atoms with E-state index >= 15 is 0 Å². The summed E-state index contributed by atoms with van der Waals surface area (Å²) in [6.07, 6.45) is 0.606. The Bertz CT molecular complexity index is 1350. The first kappa shape index (κ1) is 23.5. The molecule has 0 saturated heterocycles. The minimum absolute atomic E-state index is 0.147. The highest BCUT2D eigenvalue weighted by atomic mass is 32.2. The third-order valence-electron chi connectivity index (χ3n) is 5.41. The van der Waals surface area contributed by atoms with Gasteiger partial charge in [0.2, 0.25) is 10.0 Å². The summed E-state index contributed by atoms with van der Waals surface area (Å²) in [4.78, 5) is 12.4. The van der Waals surface area contributed by atoms with Crippen LogP contribution in [0.2, 0.25) is 0 Å². The maximum absolute atomic E-state index is 12.5. The molecule has 2 N–H and O–H groups in total. The third kappa shape index (κ3) is 6.21. The first-order valence-corrected chi connectivity index (χ1v) is 12.5. The molecule has 0 aliphatic carbocycles. The van der Waals surface area contributed by atoms with Gasteiger partial charge in [-0.25, -0.2) is 13.1 Å². The van der Waals surface area contributed by atoms with Crippen molar-refractivity contribution in [3.8, 4) is 5.75 Å². The molecule has 34 heavy (non-hydrogen) atoms. The van der Waals surface area contributed by atoms with Gasteiger partial charge < -0.3 is 10.1 Å². The van der Waals surface area contributed by atoms with Gasteiger partial charge in [-0.05, 0) is 52.6 Å². The summed E-state index contributed by atoms with van der Waals surface area (Å²) in [6, 6.07) is 29.7. The van der Waals surface area contributed by atoms with Crippen LogP contribution < -0.4 is 14.8 Å². The highest BCUT2D eigenvalue weighted by molar-refractivity contribution is 7.89. The zero-order chi connectivity index (χ0) is 23.8. The van der Waals surface area contributed by atoms with Crippen LogP contribution in [0.1, 0.15) is 11.1 Å². The molecule has 4 aromatic carbocycles. The number of benzene rings is 4. The Morgan fingerprint density at radius 2 is 1.50 bits per heavy atom. The summed E-state index contributed by atoms with van der Waals surface area (Å²) in [5, 5.41) is 5.08. The molecule has 0 aliphatic heterocycles. The van der Waals surface area contributed by atoms with E-state index < -0.39 is 10.0 Å². The average molecular weight is 475 g/mol. The van der Waals surface area contributed by atoms with Crippen LogP contribution in [0.15, 0.2) is 102 Å². The Morgan fingerprint density at radius 1 is 0.794 bits per heavy atom. The van der Waals surface area contributed by atoms with Gasteiger partial charge >= 0.3 is 0 Å². The lowest BCUT2D eigenvalue weighted by molar-refractivity contribution is -0.123. The highest BCUT2D eigenvalue weighted by Crippen LogP contribution is 2.18. The summed E-state index contributed by atoms with van der Waals surface area (Å²) in [5.74, 6) is 0.163. The fourth-order valence-corrected chi connectivity index (χ4v) is 4.64. The van der Waals surface area contributed by atoms with Crippen LogP contribution in [0, 0.1) is 0 Å². The molecule has 0 aliphatic rings. The van der Waals surface area contributed by atoms with E-state index in [1.807, 2.05) is 72.8 Å². The van der Waals surface area contributed by atoms with Gasteiger partial charge in [-0.1, -0.05) is 72.8 Å². The molecule has 0 saturated carbocycles. The molecule has 7 heteroatoms. The van der Waals surface area contributed by atoms with Gasteiger partial charge in [-0.2, -0.15) is 0 Å². The molecule has 0 bridgehead atoms. The number of amides is 1. The zero-order valence-corrected chi connectivity index (χ0v) is 19.4. The fourth-order valence-electron chi connectivity index (χ4n) is 3.61. The Morgan fingerprint density at radius 3 is 2.29 bits per heavy atom. The van der Waals surface area contributed by atoms with Crippen LogP contribution in [-0.4, -0.2) is 27.5 Å². The zero-order valence-electron chi connectivity index (χ0n) is 18.6. The Balaban J connectivity index is 1.25. The molecule has 0 atom stereocenters. The summed E-state index contributed by atoms with van der Waals surface area (Å²) < 4.78 is 33.1. The number of hydrogen-bond donors (Lipinski definition) is 2. The minimum atomic E-state index is -3.62. The molecular formula is C27H26N2O4S. The second-order valence-corrected chi connectivity index (χ2v) is 9.58. The van der Waals surface area contributed by atoms with Gasteiger partial charge in [-0.15, -0.1) is 0 Å². The van der Waals surface area contributed by atoms with E-state index in [1.165, 1.54) is 12.1 Å². The summed E-state index contributed by atoms with van der Waals surface area (Å²) in [5.41, 5.74) is 2.09. The smallest absolute Gasteiger partial charge is 0.258 e. The van der Waals surface area contributed by atoms with Gasteiger partial charge in [0.15, 0.2) is 6.61 Å². The molecule has 0 radical (unpaired) electrons. The van der Waals surface area contributed by atoms with Crippen molar-refractivity contribution in [3.63, 3.8) is 0 Å². The maximum Gasteiger partial charge on any atom is 0.258 e. The SMILES string of the molecule is O=C(COc1ccc(S(=O)(=O)NCCc2ccccc2)cc1)NCc1cccc2ccccc12. The van der Waals surface area contributed by atoms with E-state index in [-0.39, 0.29) is 17.4 Å². The van der Waals surface area contributed by atoms with E-state index in [9.17, 15) is 13.2 Å². The number of fused-ring (bicyclic) bond motifs is 1. The van der Waals surface area contributed by atoms with Crippen LogP contribution in [0.4, 0.5) is 0 Å². The normalized spacial score (nSPS) is 11.3. The molecule has 0 fully saturated rings. The minimum Gasteiger partial charge on any atom is -0.484 e. The van der Waals surface area contributed by atoms with Crippen molar-refractivity contribution in [2.75, 3.05) is 13.2 Å². The number of hydrogen-bond acceptors (Lipinski definition) is 4. The van der Waals surface area contributed by atoms with E-state index in [0.717, 1.165) is 21.9 Å². The Hall–Kier alpha value is -3.68. The van der Waals surface area contributed by atoms with Crippen LogP contribution in [-0.2, 0) is 27.8 Å². The standard InChI is InChI=1S/C27H26N2O4S/c30-27(28-19-23-11-6-10-22-9-4-5-12-26(22)23)20-33-24-13-15-25(16-14-24)34(31,32)29-18-17-21-7-2-1-3-8-21/h1-16,29H,17-20H2,(H,28,30). The Kier molecular flexibility index (Phi) is 7.57. The number of carbonyl (C=O) groups excluding carboxylic acids is 1. The lowest BCUT2D eigenvalue weighted by atomic mass is 10.0. The van der Waals surface area contributed by atoms with Crippen molar-refractivity contribution < 1.29 is 17.9 Å². The number of sulfonamides is 1. The van der Waals surface area contributed by atoms with E-state index in [1.54, 1.807) is 12.1 Å². The largest absolute Gasteiger partial charge is 0.484 e. The molecule has 0 unspecified atom stereocenters. The topological polar surface area (TPSA) is 84.5 Å². The van der Waals surface area contributed by atoms with Crippen LogP contribution in [0.5, 0.6) is 5.75 Å². The highest BCUT2D eigenvalue weighted by Gasteiger charge is 2.13. The molecule has 4 rings (SSSR count). The van der Waals surface area contributed by atoms with E-state index in [0.29, 0.717) is 25.3 Å². The van der Waals surface area contributed by atoms with Crippen molar-refractivity contribution in [1.82, 2.24) is 10.0 Å². The summed E-state index contributed by atoms with van der Waals surface area (Å²) >= 11 is 0. The third-order valence-corrected chi connectivity index (χ3v) is 6.89. The summed E-state index contributed by atoms with van der Waals surface area (Å²) in [7, 11) is -3.62. The van der Waals surface area contributed by atoms with Crippen molar-refractivity contribution >= 4 is 26.7 Å². The van der Waals surface area contributed by atoms with Crippen molar-refractivity contribution in [2.45, 2.75) is 17.9 Å². The molecule has 6 nitrogen and oxygen atoms in total. The first-order chi connectivity index (χ1) is 16.5. The van der Waals surface area contributed by atoms with Crippen molar-refractivity contribution in [2.24, 2.45) is 0 Å². The van der Waals surface area contributed by atoms with Gasteiger partial charge in [0.05, 0.1) is 4.90 Å². The average Bonchev–Trinajstić information content (AvgIpc) is 2.87. The van der Waals surface area contributed by atoms with Crippen LogP contribution in [0.25, 0.3) is 10.8 Å². The molecular weight excluding hydrogens is 448 g/mol. The molecule has 1 amide bonds. The second kappa shape index (κ2) is 11.0. The molecule has 0 aromatic heterocycles. The summed E-state index contributed by atoms with van der Waals surface area (Å²) in [6.45, 7) is 0.545. The monoisotopic (exact) mass is 474 g/mol.